The van der Waals surface area contributed by atoms with E-state index in [-0.39, 0.29) is 18.4 Å². The van der Waals surface area contributed by atoms with Crippen LogP contribution in [-0.2, 0) is 9.59 Å². The van der Waals surface area contributed by atoms with Crippen LogP contribution in [0, 0.1) is 5.92 Å². The molecule has 0 aromatic heterocycles. The molecule has 0 saturated carbocycles. The van der Waals surface area contributed by atoms with Gasteiger partial charge in [-0.1, -0.05) is 13.8 Å². The normalized spacial score (nSPS) is 21.9. The number of amides is 2. The van der Waals surface area contributed by atoms with Crippen molar-refractivity contribution in [2.75, 3.05) is 13.1 Å². The second-order valence-electron chi connectivity index (χ2n) is 4.36. The van der Waals surface area contributed by atoms with E-state index in [1.165, 1.54) is 0 Å². The average molecular weight is 234 g/mol. The minimum atomic E-state index is -2.60. The second-order valence-corrected chi connectivity index (χ2v) is 4.36. The summed E-state index contributed by atoms with van der Waals surface area (Å²) in [6.45, 7) is 2.88. The Bertz CT molecular complexity index is 258. The predicted molar refractivity (Wildman–Crippen MR) is 54.0 cm³/mol. The standard InChI is InChI=1S/C10H16F2N2O2/c1-6(2)3-7-10(16)14(4-8(11)12)5-9(15)13-7/h6-8H,3-5H2,1-2H3,(H,13,15). The molecule has 6 heteroatoms. The van der Waals surface area contributed by atoms with Gasteiger partial charge in [0.1, 0.15) is 6.04 Å². The number of hydrogen-bond donors (Lipinski definition) is 1. The van der Waals surface area contributed by atoms with Crippen LogP contribution >= 0.6 is 0 Å². The first-order valence-corrected chi connectivity index (χ1v) is 5.26. The third kappa shape index (κ3) is 3.43. The summed E-state index contributed by atoms with van der Waals surface area (Å²) < 4.78 is 24.4. The molecule has 16 heavy (non-hydrogen) atoms. The number of piperazine rings is 1. The van der Waals surface area contributed by atoms with Gasteiger partial charge < -0.3 is 10.2 Å². The van der Waals surface area contributed by atoms with E-state index in [9.17, 15) is 18.4 Å². The van der Waals surface area contributed by atoms with E-state index in [4.69, 9.17) is 0 Å². The maximum atomic E-state index is 12.2. The van der Waals surface area contributed by atoms with Crippen molar-refractivity contribution in [3.8, 4) is 0 Å². The lowest BCUT2D eigenvalue weighted by Crippen LogP contribution is -2.59. The summed E-state index contributed by atoms with van der Waals surface area (Å²) in [4.78, 5) is 23.9. The quantitative estimate of drug-likeness (QED) is 0.775. The van der Waals surface area contributed by atoms with E-state index in [1.807, 2.05) is 13.8 Å². The van der Waals surface area contributed by atoms with E-state index < -0.39 is 24.9 Å². The molecule has 1 heterocycles. The second kappa shape index (κ2) is 5.23. The van der Waals surface area contributed by atoms with Crippen molar-refractivity contribution in [1.29, 1.82) is 0 Å². The van der Waals surface area contributed by atoms with E-state index in [0.29, 0.717) is 6.42 Å². The molecule has 1 aliphatic heterocycles. The first-order valence-electron chi connectivity index (χ1n) is 5.26. The lowest BCUT2D eigenvalue weighted by Gasteiger charge is -2.32. The Balaban J connectivity index is 2.66. The number of hydrogen-bond acceptors (Lipinski definition) is 2. The Morgan fingerprint density at radius 2 is 2.06 bits per heavy atom. The summed E-state index contributed by atoms with van der Waals surface area (Å²) in [6, 6.07) is -0.653. The molecule has 1 saturated heterocycles. The van der Waals surface area contributed by atoms with E-state index in [1.54, 1.807) is 0 Å². The van der Waals surface area contributed by atoms with Crippen molar-refractivity contribution >= 4 is 11.8 Å². The number of carbonyl (C=O) groups excluding carboxylic acids is 2. The maximum absolute atomic E-state index is 12.2. The Morgan fingerprint density at radius 3 is 2.56 bits per heavy atom. The van der Waals surface area contributed by atoms with Crippen molar-refractivity contribution in [1.82, 2.24) is 10.2 Å². The fourth-order valence-electron chi connectivity index (χ4n) is 1.73. The third-order valence-corrected chi connectivity index (χ3v) is 2.34. The summed E-state index contributed by atoms with van der Waals surface area (Å²) >= 11 is 0. The predicted octanol–water partition coefficient (Wildman–Crippen LogP) is 0.625. The average Bonchev–Trinajstić information content (AvgIpc) is 2.11. The molecular formula is C10H16F2N2O2. The number of nitrogens with zero attached hydrogens (tertiary/aromatic N) is 1. The molecule has 1 unspecified atom stereocenters. The summed E-state index contributed by atoms with van der Waals surface area (Å²) in [6.07, 6.45) is -2.13. The zero-order valence-corrected chi connectivity index (χ0v) is 9.37. The highest BCUT2D eigenvalue weighted by atomic mass is 19.3. The lowest BCUT2D eigenvalue weighted by atomic mass is 10.0. The van der Waals surface area contributed by atoms with Crippen molar-refractivity contribution in [3.05, 3.63) is 0 Å². The lowest BCUT2D eigenvalue weighted by molar-refractivity contribution is -0.146. The number of halogens is 2. The smallest absolute Gasteiger partial charge is 0.255 e. The molecule has 1 fully saturated rings. The summed E-state index contributed by atoms with van der Waals surface area (Å²) in [5.41, 5.74) is 0. The number of carbonyl (C=O) groups is 2. The van der Waals surface area contributed by atoms with Gasteiger partial charge in [-0.05, 0) is 12.3 Å². The zero-order chi connectivity index (χ0) is 12.3. The molecule has 0 aromatic rings. The van der Waals surface area contributed by atoms with Crippen LogP contribution < -0.4 is 5.32 Å². The molecule has 4 nitrogen and oxygen atoms in total. The van der Waals surface area contributed by atoms with E-state index in [0.717, 1.165) is 4.90 Å². The third-order valence-electron chi connectivity index (χ3n) is 2.34. The van der Waals surface area contributed by atoms with Crippen molar-refractivity contribution in [2.45, 2.75) is 32.7 Å². The van der Waals surface area contributed by atoms with Crippen molar-refractivity contribution in [3.63, 3.8) is 0 Å². The largest absolute Gasteiger partial charge is 0.343 e. The van der Waals surface area contributed by atoms with Gasteiger partial charge >= 0.3 is 0 Å². The Hall–Kier alpha value is -1.20. The topological polar surface area (TPSA) is 49.4 Å². The molecule has 0 aromatic carbocycles. The van der Waals surface area contributed by atoms with Crippen LogP contribution in [0.5, 0.6) is 0 Å². The minimum absolute atomic E-state index is 0.223. The van der Waals surface area contributed by atoms with Crippen molar-refractivity contribution in [2.24, 2.45) is 5.92 Å². The van der Waals surface area contributed by atoms with Gasteiger partial charge in [0.05, 0.1) is 13.1 Å². The van der Waals surface area contributed by atoms with Crippen LogP contribution in [0.4, 0.5) is 8.78 Å². The molecule has 1 atom stereocenters. The number of alkyl halides is 2. The van der Waals surface area contributed by atoms with Crippen LogP contribution in [0.25, 0.3) is 0 Å². The Kier molecular flexibility index (Phi) is 4.20. The fourth-order valence-corrected chi connectivity index (χ4v) is 1.73. The Morgan fingerprint density at radius 1 is 1.44 bits per heavy atom. The van der Waals surface area contributed by atoms with Gasteiger partial charge in [-0.15, -0.1) is 0 Å². The highest BCUT2D eigenvalue weighted by Crippen LogP contribution is 2.12. The van der Waals surface area contributed by atoms with Crippen LogP contribution in [0.2, 0.25) is 0 Å². The highest BCUT2D eigenvalue weighted by Gasteiger charge is 2.33. The van der Waals surface area contributed by atoms with Gasteiger partial charge in [-0.2, -0.15) is 0 Å². The van der Waals surface area contributed by atoms with E-state index >= 15 is 0 Å². The fraction of sp³-hybridized carbons (Fsp3) is 0.800. The monoisotopic (exact) mass is 234 g/mol. The Labute approximate surface area is 93.0 Å². The van der Waals surface area contributed by atoms with Gasteiger partial charge in [0.15, 0.2) is 0 Å². The zero-order valence-electron chi connectivity index (χ0n) is 9.37. The van der Waals surface area contributed by atoms with Crippen LogP contribution in [0.3, 0.4) is 0 Å². The number of nitrogens with one attached hydrogen (secondary N) is 1. The van der Waals surface area contributed by atoms with Gasteiger partial charge in [0.25, 0.3) is 6.43 Å². The van der Waals surface area contributed by atoms with Gasteiger partial charge in [0, 0.05) is 0 Å². The molecule has 1 aliphatic rings. The first-order chi connectivity index (χ1) is 7.40. The minimum Gasteiger partial charge on any atom is -0.343 e. The van der Waals surface area contributed by atoms with Crippen LogP contribution in [-0.4, -0.2) is 42.3 Å². The van der Waals surface area contributed by atoms with Crippen molar-refractivity contribution < 1.29 is 18.4 Å². The van der Waals surface area contributed by atoms with Crippen LogP contribution in [0.1, 0.15) is 20.3 Å². The first kappa shape index (κ1) is 12.9. The van der Waals surface area contributed by atoms with Gasteiger partial charge in [-0.25, -0.2) is 8.78 Å². The van der Waals surface area contributed by atoms with Crippen LogP contribution in [0.15, 0.2) is 0 Å². The van der Waals surface area contributed by atoms with Gasteiger partial charge in [0.2, 0.25) is 11.8 Å². The summed E-state index contributed by atoms with van der Waals surface area (Å²) in [7, 11) is 0. The molecule has 1 N–H and O–H groups in total. The molecule has 0 radical (unpaired) electrons. The van der Waals surface area contributed by atoms with Gasteiger partial charge in [-0.3, -0.25) is 9.59 Å². The molecular weight excluding hydrogens is 218 g/mol. The summed E-state index contributed by atoms with van der Waals surface area (Å²) in [5, 5.41) is 2.53. The molecule has 0 spiro atoms. The molecule has 1 rings (SSSR count). The summed E-state index contributed by atoms with van der Waals surface area (Å²) in [5.74, 6) is -0.555. The number of rotatable bonds is 4. The highest BCUT2D eigenvalue weighted by molar-refractivity contribution is 5.94. The molecule has 2 amide bonds. The molecule has 0 aliphatic carbocycles. The molecule has 0 bridgehead atoms. The maximum Gasteiger partial charge on any atom is 0.255 e. The van der Waals surface area contributed by atoms with E-state index in [2.05, 4.69) is 5.32 Å². The SMILES string of the molecule is CC(C)CC1NC(=O)CN(CC(F)F)C1=O. The molecule has 92 valence electrons.